The van der Waals surface area contributed by atoms with Gasteiger partial charge in [-0.1, -0.05) is 59.1 Å². The zero-order valence-electron chi connectivity index (χ0n) is 12.3. The third-order valence-electron chi connectivity index (χ3n) is 3.29. The maximum Gasteiger partial charge on any atom is 0.216 e. The monoisotopic (exact) mass is 357 g/mol. The van der Waals surface area contributed by atoms with Crippen LogP contribution in [0.2, 0.25) is 10.0 Å². The van der Waals surface area contributed by atoms with Crippen molar-refractivity contribution in [2.24, 2.45) is 0 Å². The highest BCUT2D eigenvalue weighted by atomic mass is 35.5. The van der Waals surface area contributed by atoms with Gasteiger partial charge < -0.3 is 0 Å². The molecule has 2 aromatic carbocycles. The Kier molecular flexibility index (Phi) is 5.50. The summed E-state index contributed by atoms with van der Waals surface area (Å²) in [6.07, 6.45) is 0. The average Bonchev–Trinajstić information content (AvgIpc) is 2.42. The summed E-state index contributed by atoms with van der Waals surface area (Å²) in [5.41, 5.74) is 2.57. The van der Waals surface area contributed by atoms with Crippen molar-refractivity contribution in [2.45, 2.75) is 25.6 Å². The van der Waals surface area contributed by atoms with Gasteiger partial charge in [0.15, 0.2) is 0 Å². The lowest BCUT2D eigenvalue weighted by Gasteiger charge is -2.15. The van der Waals surface area contributed by atoms with Crippen LogP contribution >= 0.6 is 23.2 Å². The summed E-state index contributed by atoms with van der Waals surface area (Å²) in [5, 5.41) is 0.827. The second-order valence-electron chi connectivity index (χ2n) is 5.25. The van der Waals surface area contributed by atoms with Crippen molar-refractivity contribution in [2.75, 3.05) is 0 Å². The van der Waals surface area contributed by atoms with Crippen LogP contribution in [0, 0.1) is 6.92 Å². The van der Waals surface area contributed by atoms with E-state index >= 15 is 0 Å². The number of halogens is 2. The Morgan fingerprint density at radius 1 is 1.09 bits per heavy atom. The smallest absolute Gasteiger partial charge is 0.212 e. The predicted octanol–water partition coefficient (Wildman–Crippen LogP) is 4.48. The number of aryl methyl sites for hydroxylation is 1. The van der Waals surface area contributed by atoms with Crippen molar-refractivity contribution in [3.63, 3.8) is 0 Å². The second-order valence-corrected chi connectivity index (χ2v) is 7.84. The van der Waals surface area contributed by atoms with Crippen LogP contribution in [0.5, 0.6) is 0 Å². The molecule has 0 spiro atoms. The lowest BCUT2D eigenvalue weighted by molar-refractivity contribution is 0.566. The molecule has 1 N–H and O–H groups in total. The van der Waals surface area contributed by atoms with E-state index in [4.69, 9.17) is 23.2 Å². The van der Waals surface area contributed by atoms with Gasteiger partial charge in [0, 0.05) is 16.1 Å². The van der Waals surface area contributed by atoms with Crippen LogP contribution < -0.4 is 4.72 Å². The van der Waals surface area contributed by atoms with Crippen LogP contribution in [-0.2, 0) is 15.8 Å². The molecule has 0 aliphatic carbocycles. The fourth-order valence-electron chi connectivity index (χ4n) is 2.08. The lowest BCUT2D eigenvalue weighted by Crippen LogP contribution is -2.28. The summed E-state index contributed by atoms with van der Waals surface area (Å²) in [6.45, 7) is 3.80. The first-order valence-electron chi connectivity index (χ1n) is 6.77. The summed E-state index contributed by atoms with van der Waals surface area (Å²) in [4.78, 5) is 0. The first-order valence-corrected chi connectivity index (χ1v) is 9.18. The topological polar surface area (TPSA) is 46.2 Å². The van der Waals surface area contributed by atoms with Gasteiger partial charge in [0.05, 0.1) is 5.75 Å². The Bertz CT molecular complexity index is 758. The third-order valence-corrected chi connectivity index (χ3v) is 5.28. The Morgan fingerprint density at radius 2 is 1.73 bits per heavy atom. The van der Waals surface area contributed by atoms with E-state index in [0.717, 1.165) is 11.1 Å². The Morgan fingerprint density at radius 3 is 2.32 bits per heavy atom. The van der Waals surface area contributed by atoms with Gasteiger partial charge in [-0.25, -0.2) is 13.1 Å². The Labute approximate surface area is 141 Å². The number of sulfonamides is 1. The van der Waals surface area contributed by atoms with Gasteiger partial charge >= 0.3 is 0 Å². The van der Waals surface area contributed by atoms with Crippen LogP contribution in [0.3, 0.4) is 0 Å². The van der Waals surface area contributed by atoms with Crippen molar-refractivity contribution in [3.05, 3.63) is 69.2 Å². The summed E-state index contributed by atoms with van der Waals surface area (Å²) in [6, 6.07) is 12.2. The molecule has 6 heteroatoms. The van der Waals surface area contributed by atoms with E-state index in [-0.39, 0.29) is 11.8 Å². The molecule has 0 fully saturated rings. The van der Waals surface area contributed by atoms with Gasteiger partial charge in [-0.3, -0.25) is 0 Å². The SMILES string of the molecule is Cc1ccc([C@@H](C)NS(=O)(=O)Cc2ccc(Cl)cc2Cl)cc1. The molecule has 22 heavy (non-hydrogen) atoms. The minimum absolute atomic E-state index is 0.181. The molecule has 0 heterocycles. The molecular weight excluding hydrogens is 341 g/mol. The van der Waals surface area contributed by atoms with Gasteiger partial charge in [0.2, 0.25) is 10.0 Å². The molecule has 0 saturated heterocycles. The number of hydrogen-bond donors (Lipinski definition) is 1. The summed E-state index contributed by atoms with van der Waals surface area (Å²) >= 11 is 11.8. The number of hydrogen-bond acceptors (Lipinski definition) is 2. The number of rotatable bonds is 5. The molecule has 0 saturated carbocycles. The highest BCUT2D eigenvalue weighted by Crippen LogP contribution is 2.23. The molecule has 0 bridgehead atoms. The third kappa shape index (κ3) is 4.71. The van der Waals surface area contributed by atoms with Crippen molar-refractivity contribution in [1.82, 2.24) is 4.72 Å². The van der Waals surface area contributed by atoms with Crippen molar-refractivity contribution in [1.29, 1.82) is 0 Å². The van der Waals surface area contributed by atoms with Gasteiger partial charge in [-0.15, -0.1) is 0 Å². The largest absolute Gasteiger partial charge is 0.216 e. The molecule has 118 valence electrons. The summed E-state index contributed by atoms with van der Waals surface area (Å²) in [5.74, 6) is -0.181. The van der Waals surface area contributed by atoms with Crippen LogP contribution in [0.15, 0.2) is 42.5 Å². The van der Waals surface area contributed by atoms with E-state index < -0.39 is 10.0 Å². The molecule has 3 nitrogen and oxygen atoms in total. The first kappa shape index (κ1) is 17.3. The summed E-state index contributed by atoms with van der Waals surface area (Å²) in [7, 11) is -3.51. The molecule has 0 aromatic heterocycles. The second kappa shape index (κ2) is 7.01. The van der Waals surface area contributed by atoms with Crippen molar-refractivity contribution in [3.8, 4) is 0 Å². The Hall–Kier alpha value is -1.07. The lowest BCUT2D eigenvalue weighted by atomic mass is 10.1. The van der Waals surface area contributed by atoms with Gasteiger partial charge in [0.1, 0.15) is 0 Å². The van der Waals surface area contributed by atoms with E-state index in [0.29, 0.717) is 15.6 Å². The van der Waals surface area contributed by atoms with Crippen LogP contribution in [-0.4, -0.2) is 8.42 Å². The van der Waals surface area contributed by atoms with Crippen LogP contribution in [0.1, 0.15) is 29.7 Å². The fraction of sp³-hybridized carbons (Fsp3) is 0.250. The zero-order valence-corrected chi connectivity index (χ0v) is 14.6. The molecule has 2 rings (SSSR count). The fourth-order valence-corrected chi connectivity index (χ4v) is 4.05. The quantitative estimate of drug-likeness (QED) is 0.856. The molecular formula is C16H17Cl2NO2S. The molecule has 0 unspecified atom stereocenters. The van der Waals surface area contributed by atoms with Crippen molar-refractivity contribution >= 4 is 33.2 Å². The highest BCUT2D eigenvalue weighted by molar-refractivity contribution is 7.88. The zero-order chi connectivity index (χ0) is 16.3. The minimum Gasteiger partial charge on any atom is -0.212 e. The Balaban J connectivity index is 2.12. The molecule has 0 amide bonds. The molecule has 2 aromatic rings. The van der Waals surface area contributed by atoms with E-state index in [1.807, 2.05) is 38.1 Å². The van der Waals surface area contributed by atoms with Crippen LogP contribution in [0.4, 0.5) is 0 Å². The summed E-state index contributed by atoms with van der Waals surface area (Å²) < 4.78 is 27.2. The molecule has 1 atom stereocenters. The highest BCUT2D eigenvalue weighted by Gasteiger charge is 2.18. The van der Waals surface area contributed by atoms with Gasteiger partial charge in [0.25, 0.3) is 0 Å². The maximum atomic E-state index is 12.3. The number of benzene rings is 2. The average molecular weight is 358 g/mol. The van der Waals surface area contributed by atoms with E-state index in [1.54, 1.807) is 12.1 Å². The van der Waals surface area contributed by atoms with Crippen LogP contribution in [0.25, 0.3) is 0 Å². The standard InChI is InChI=1S/C16H17Cl2NO2S/c1-11-3-5-13(6-4-11)12(2)19-22(20,21)10-14-7-8-15(17)9-16(14)18/h3-9,12,19H,10H2,1-2H3/t12-/m1/s1. The first-order chi connectivity index (χ1) is 10.3. The van der Waals surface area contributed by atoms with Gasteiger partial charge in [-0.05, 0) is 37.1 Å². The normalized spacial score (nSPS) is 13.1. The number of nitrogens with one attached hydrogen (secondary N) is 1. The van der Waals surface area contributed by atoms with E-state index in [1.165, 1.54) is 6.07 Å². The van der Waals surface area contributed by atoms with Crippen molar-refractivity contribution < 1.29 is 8.42 Å². The minimum atomic E-state index is -3.51. The van der Waals surface area contributed by atoms with E-state index in [9.17, 15) is 8.42 Å². The predicted molar refractivity (Wildman–Crippen MR) is 91.8 cm³/mol. The maximum absolute atomic E-state index is 12.3. The van der Waals surface area contributed by atoms with Gasteiger partial charge in [-0.2, -0.15) is 0 Å². The van der Waals surface area contributed by atoms with E-state index in [2.05, 4.69) is 4.72 Å². The molecule has 0 radical (unpaired) electrons. The molecule has 0 aliphatic heterocycles. The molecule has 0 aliphatic rings.